The summed E-state index contributed by atoms with van der Waals surface area (Å²) in [6.45, 7) is 5.77. The van der Waals surface area contributed by atoms with E-state index in [0.717, 1.165) is 11.1 Å². The van der Waals surface area contributed by atoms with Gasteiger partial charge in [0.2, 0.25) is 11.8 Å². The molecule has 0 aliphatic carbocycles. The molecule has 236 valence electrons. The number of carbonyl (C=O) groups excluding carboxylic acids is 4. The molecule has 1 saturated heterocycles. The number of carbonyl (C=O) groups is 4. The Balaban J connectivity index is 1.54. The molecular weight excluding hydrogens is 564 g/mol. The molecule has 6 atom stereocenters. The lowest BCUT2D eigenvalue weighted by molar-refractivity contribution is -0.174. The average molecular weight is 607 g/mol. The van der Waals surface area contributed by atoms with Crippen LogP contribution in [-0.4, -0.2) is 61.8 Å². The second-order valence-corrected chi connectivity index (χ2v) is 11.7. The third kappa shape index (κ3) is 9.41. The van der Waals surface area contributed by atoms with Crippen LogP contribution >= 0.6 is 0 Å². The molecule has 10 nitrogen and oxygen atoms in total. The number of epoxide rings is 1. The second-order valence-electron chi connectivity index (χ2n) is 11.7. The van der Waals surface area contributed by atoms with Gasteiger partial charge in [0.25, 0.3) is 0 Å². The van der Waals surface area contributed by atoms with Gasteiger partial charge in [-0.3, -0.25) is 14.4 Å². The fourth-order valence-electron chi connectivity index (χ4n) is 5.23. The van der Waals surface area contributed by atoms with Gasteiger partial charge in [-0.25, -0.2) is 4.79 Å². The minimum atomic E-state index is -1.10. The van der Waals surface area contributed by atoms with Crippen molar-refractivity contribution in [3.05, 3.63) is 77.9 Å². The Kier molecular flexibility index (Phi) is 11.5. The van der Waals surface area contributed by atoms with E-state index in [1.54, 1.807) is 25.3 Å². The number of hydrogen-bond donors (Lipinski definition) is 2. The number of ether oxygens (including phenoxy) is 4. The molecular formula is C34H42N2O8. The summed E-state index contributed by atoms with van der Waals surface area (Å²) in [5.41, 5.74) is 1.85. The quantitative estimate of drug-likeness (QED) is 0.342. The molecule has 0 bridgehead atoms. The maximum Gasteiger partial charge on any atom is 0.347 e. The van der Waals surface area contributed by atoms with Gasteiger partial charge in [0.05, 0.1) is 19.6 Å². The largest absolute Gasteiger partial charge is 0.497 e. The highest BCUT2D eigenvalue weighted by atomic mass is 16.6. The Labute approximate surface area is 258 Å². The summed E-state index contributed by atoms with van der Waals surface area (Å²) < 4.78 is 22.7. The molecule has 2 aromatic carbocycles. The minimum absolute atomic E-state index is 0.0223. The first-order valence-corrected chi connectivity index (χ1v) is 15.1. The summed E-state index contributed by atoms with van der Waals surface area (Å²) >= 11 is 0. The van der Waals surface area contributed by atoms with E-state index in [4.69, 9.17) is 18.9 Å². The van der Waals surface area contributed by atoms with Crippen LogP contribution in [0.25, 0.3) is 0 Å². The molecule has 10 heteroatoms. The molecule has 0 radical (unpaired) electrons. The lowest BCUT2D eigenvalue weighted by atomic mass is 9.93. The number of cyclic esters (lactones) is 2. The van der Waals surface area contributed by atoms with Gasteiger partial charge in [0.1, 0.15) is 24.0 Å². The first-order chi connectivity index (χ1) is 21.1. The van der Waals surface area contributed by atoms with E-state index in [9.17, 15) is 19.2 Å². The van der Waals surface area contributed by atoms with Crippen molar-refractivity contribution >= 4 is 23.8 Å². The predicted molar refractivity (Wildman–Crippen MR) is 162 cm³/mol. The summed E-state index contributed by atoms with van der Waals surface area (Å²) in [7, 11) is 1.57. The number of methoxy groups -OCH3 is 1. The maximum absolute atomic E-state index is 13.3. The lowest BCUT2D eigenvalue weighted by Gasteiger charge is -2.26. The van der Waals surface area contributed by atoms with Crippen molar-refractivity contribution in [1.29, 1.82) is 0 Å². The Bertz CT molecular complexity index is 1310. The van der Waals surface area contributed by atoms with Gasteiger partial charge >= 0.3 is 11.9 Å². The number of benzene rings is 2. The van der Waals surface area contributed by atoms with Crippen molar-refractivity contribution in [2.24, 2.45) is 11.8 Å². The van der Waals surface area contributed by atoms with Crippen LogP contribution in [0.2, 0.25) is 0 Å². The minimum Gasteiger partial charge on any atom is -0.497 e. The van der Waals surface area contributed by atoms with Crippen molar-refractivity contribution in [2.75, 3.05) is 13.7 Å². The maximum atomic E-state index is 13.3. The van der Waals surface area contributed by atoms with Crippen molar-refractivity contribution in [1.82, 2.24) is 10.6 Å². The van der Waals surface area contributed by atoms with Gasteiger partial charge in [-0.1, -0.05) is 69.3 Å². The van der Waals surface area contributed by atoms with Crippen LogP contribution in [0.1, 0.15) is 57.3 Å². The molecule has 4 rings (SSSR count). The average Bonchev–Trinajstić information content (AvgIpc) is 3.81. The summed E-state index contributed by atoms with van der Waals surface area (Å²) in [5, 5.41) is 5.47. The van der Waals surface area contributed by atoms with E-state index in [1.807, 2.05) is 63.2 Å². The van der Waals surface area contributed by atoms with Crippen LogP contribution in [0.4, 0.5) is 0 Å². The van der Waals surface area contributed by atoms with Crippen LogP contribution < -0.4 is 15.4 Å². The molecule has 2 aliphatic rings. The van der Waals surface area contributed by atoms with E-state index in [1.165, 1.54) is 6.08 Å². The highest BCUT2D eigenvalue weighted by Gasteiger charge is 2.47. The fraction of sp³-hybridized carbons (Fsp3) is 0.471. The van der Waals surface area contributed by atoms with Crippen molar-refractivity contribution in [2.45, 2.75) is 76.9 Å². The molecule has 2 amide bonds. The Morgan fingerprint density at radius 1 is 0.955 bits per heavy atom. The van der Waals surface area contributed by atoms with E-state index in [0.29, 0.717) is 5.75 Å². The summed E-state index contributed by atoms with van der Waals surface area (Å²) in [6.07, 6.45) is 1.50. The fourth-order valence-corrected chi connectivity index (χ4v) is 5.23. The smallest absolute Gasteiger partial charge is 0.347 e. The lowest BCUT2D eigenvalue weighted by Crippen LogP contribution is -2.48. The number of nitrogens with one attached hydrogen (secondary N) is 2. The van der Waals surface area contributed by atoms with Gasteiger partial charge in [-0.05, 0) is 41.7 Å². The molecule has 0 spiro atoms. The molecule has 2 heterocycles. The van der Waals surface area contributed by atoms with E-state index in [2.05, 4.69) is 10.6 Å². The van der Waals surface area contributed by atoms with Crippen LogP contribution in [0.3, 0.4) is 0 Å². The third-order valence-electron chi connectivity index (χ3n) is 7.75. The van der Waals surface area contributed by atoms with Crippen LogP contribution in [0.15, 0.2) is 66.7 Å². The van der Waals surface area contributed by atoms with E-state index in [-0.39, 0.29) is 56.3 Å². The van der Waals surface area contributed by atoms with Gasteiger partial charge in [0, 0.05) is 25.3 Å². The van der Waals surface area contributed by atoms with Gasteiger partial charge in [0.15, 0.2) is 6.10 Å². The highest BCUT2D eigenvalue weighted by Crippen LogP contribution is 2.45. The zero-order valence-electron chi connectivity index (χ0n) is 25.7. The third-order valence-corrected chi connectivity index (χ3v) is 7.75. The molecule has 44 heavy (non-hydrogen) atoms. The van der Waals surface area contributed by atoms with E-state index < -0.39 is 42.0 Å². The molecule has 2 aromatic rings. The molecule has 0 aromatic heterocycles. The van der Waals surface area contributed by atoms with Crippen LogP contribution in [0, 0.1) is 11.8 Å². The first-order valence-electron chi connectivity index (χ1n) is 15.1. The molecule has 2 N–H and O–H groups in total. The second kappa shape index (κ2) is 15.5. The summed E-state index contributed by atoms with van der Waals surface area (Å²) in [6, 6.07) is 16.1. The van der Waals surface area contributed by atoms with Gasteiger partial charge < -0.3 is 29.6 Å². The van der Waals surface area contributed by atoms with Crippen molar-refractivity contribution in [3.8, 4) is 5.75 Å². The van der Waals surface area contributed by atoms with Crippen molar-refractivity contribution in [3.63, 3.8) is 0 Å². The SMILES string of the molecule is COc1ccc(C[C@H]2NC(=O)/C=C/C[C@@H]([C@H](C)[C@H]3O[C@@H]3c3ccccc3)OC(=O)[C@H](CC(C)C)OC(=O)CCNC2=O)cc1. The number of hydrogen-bond acceptors (Lipinski definition) is 8. The standard InChI is InChI=1S/C34H42N2O8/c1-21(2)19-28-34(40)43-27(22(3)31-32(44-31)24-9-6-5-7-10-24)11-8-12-29(37)36-26(33(39)35-18-17-30(38)42-28)20-23-13-15-25(41-4)16-14-23/h5-10,12-16,21-22,26-28,31-32H,11,17-20H2,1-4H3,(H,35,39)(H,36,37)/b12-8+/t22-,26+,27-,28-,31+,32+/m0/s1. The zero-order chi connectivity index (χ0) is 31.6. The molecule has 0 unspecified atom stereocenters. The molecule has 1 fully saturated rings. The normalized spacial score (nSPS) is 26.5. The van der Waals surface area contributed by atoms with Gasteiger partial charge in [-0.15, -0.1) is 0 Å². The molecule has 0 saturated carbocycles. The Morgan fingerprint density at radius 3 is 2.36 bits per heavy atom. The Morgan fingerprint density at radius 2 is 1.68 bits per heavy atom. The number of rotatable bonds is 8. The van der Waals surface area contributed by atoms with E-state index >= 15 is 0 Å². The van der Waals surface area contributed by atoms with Crippen LogP contribution in [0.5, 0.6) is 5.75 Å². The molecule has 2 aliphatic heterocycles. The Hall–Kier alpha value is -4.18. The zero-order valence-corrected chi connectivity index (χ0v) is 25.7. The first kappa shape index (κ1) is 32.7. The topological polar surface area (TPSA) is 133 Å². The predicted octanol–water partition coefficient (Wildman–Crippen LogP) is 3.83. The number of esters is 2. The summed E-state index contributed by atoms with van der Waals surface area (Å²) in [5.74, 6) is -1.67. The van der Waals surface area contributed by atoms with Gasteiger partial charge in [-0.2, -0.15) is 0 Å². The van der Waals surface area contributed by atoms with Crippen molar-refractivity contribution < 1.29 is 38.1 Å². The number of amides is 2. The summed E-state index contributed by atoms with van der Waals surface area (Å²) in [4.78, 5) is 52.2. The monoisotopic (exact) mass is 606 g/mol. The van der Waals surface area contributed by atoms with Crippen LogP contribution in [-0.2, 0) is 39.8 Å². The highest BCUT2D eigenvalue weighted by molar-refractivity contribution is 5.93.